The maximum absolute atomic E-state index is 14.7. The van der Waals surface area contributed by atoms with Crippen molar-refractivity contribution in [3.05, 3.63) is 66.0 Å². The van der Waals surface area contributed by atoms with E-state index in [2.05, 4.69) is 15.2 Å². The zero-order chi connectivity index (χ0) is 21.8. The number of benzene rings is 2. The fourth-order valence-corrected chi connectivity index (χ4v) is 4.73. The van der Waals surface area contributed by atoms with Crippen LogP contribution in [0.3, 0.4) is 0 Å². The number of nitrogens with zero attached hydrogens (tertiary/aromatic N) is 6. The average molecular weight is 436 g/mol. The number of hydrogen-bond acceptors (Lipinski definition) is 6. The number of rotatable bonds is 3. The highest BCUT2D eigenvalue weighted by molar-refractivity contribution is 5.98. The summed E-state index contributed by atoms with van der Waals surface area (Å²) in [6.45, 7) is 2.34. The molecule has 10 heteroatoms. The molecular weight excluding hydrogens is 418 g/mol. The lowest BCUT2D eigenvalue weighted by atomic mass is 10.0. The minimum absolute atomic E-state index is 0.0264. The third-order valence-corrected chi connectivity index (χ3v) is 6.22. The first kappa shape index (κ1) is 18.9. The molecular formula is C22H18F2N6O2. The molecule has 0 bridgehead atoms. The summed E-state index contributed by atoms with van der Waals surface area (Å²) >= 11 is 0. The molecule has 6 rings (SSSR count). The van der Waals surface area contributed by atoms with E-state index in [1.54, 1.807) is 17.0 Å². The fourth-order valence-electron chi connectivity index (χ4n) is 4.73. The van der Waals surface area contributed by atoms with Crippen LogP contribution in [-0.2, 0) is 0 Å². The Morgan fingerprint density at radius 3 is 2.50 bits per heavy atom. The van der Waals surface area contributed by atoms with Crippen LogP contribution in [0, 0.1) is 23.5 Å². The molecule has 1 amide bonds. The van der Waals surface area contributed by atoms with Crippen molar-refractivity contribution >= 4 is 23.0 Å². The van der Waals surface area contributed by atoms with Gasteiger partial charge in [0.2, 0.25) is 0 Å². The molecule has 2 atom stereocenters. The fraction of sp³-hybridized carbons (Fsp3) is 0.273. The van der Waals surface area contributed by atoms with Crippen LogP contribution in [0.2, 0.25) is 0 Å². The smallest absolute Gasteiger partial charge is 0.298 e. The number of amides is 1. The van der Waals surface area contributed by atoms with Crippen molar-refractivity contribution < 1.29 is 18.0 Å². The maximum atomic E-state index is 14.7. The first-order valence-corrected chi connectivity index (χ1v) is 10.3. The molecule has 2 aliphatic heterocycles. The maximum Gasteiger partial charge on any atom is 0.298 e. The monoisotopic (exact) mass is 436 g/mol. The number of oxazole rings is 1. The van der Waals surface area contributed by atoms with Gasteiger partial charge in [-0.15, -0.1) is 0 Å². The van der Waals surface area contributed by atoms with Gasteiger partial charge in [0.05, 0.1) is 12.4 Å². The van der Waals surface area contributed by atoms with E-state index in [1.807, 2.05) is 4.90 Å². The molecule has 2 aromatic carbocycles. The standard InChI is InChI=1S/C22H18F2N6O2/c23-15-4-5-19-17(8-15)27-22(32-19)29-11-13-9-28(10-14(13)12-29)21(31)20-16(24)2-1-3-18(20)30-25-6-7-26-30/h1-8,13-14H,9-12H2. The van der Waals surface area contributed by atoms with Crippen molar-refractivity contribution in [3.63, 3.8) is 0 Å². The minimum Gasteiger partial charge on any atom is -0.423 e. The van der Waals surface area contributed by atoms with Crippen molar-refractivity contribution in [1.82, 2.24) is 24.9 Å². The quantitative estimate of drug-likeness (QED) is 0.491. The number of aromatic nitrogens is 4. The number of anilines is 1. The molecule has 4 heterocycles. The first-order valence-electron chi connectivity index (χ1n) is 10.3. The van der Waals surface area contributed by atoms with Crippen molar-refractivity contribution in [2.24, 2.45) is 11.8 Å². The minimum atomic E-state index is -0.595. The third-order valence-electron chi connectivity index (χ3n) is 6.22. The van der Waals surface area contributed by atoms with Crippen LogP contribution in [0.15, 0.2) is 53.2 Å². The summed E-state index contributed by atoms with van der Waals surface area (Å²) in [5, 5.41) is 8.08. The molecule has 2 aromatic heterocycles. The molecule has 2 fully saturated rings. The number of hydrogen-bond donors (Lipinski definition) is 0. The van der Waals surface area contributed by atoms with Gasteiger partial charge in [-0.2, -0.15) is 20.0 Å². The van der Waals surface area contributed by atoms with Gasteiger partial charge in [0.15, 0.2) is 5.58 Å². The van der Waals surface area contributed by atoms with Crippen molar-refractivity contribution in [1.29, 1.82) is 0 Å². The van der Waals surface area contributed by atoms with Gasteiger partial charge in [-0.05, 0) is 24.3 Å². The number of fused-ring (bicyclic) bond motifs is 2. The Kier molecular flexibility index (Phi) is 4.20. The van der Waals surface area contributed by atoms with E-state index in [0.29, 0.717) is 49.0 Å². The van der Waals surface area contributed by atoms with E-state index in [1.165, 1.54) is 41.5 Å². The molecule has 4 aromatic rings. The van der Waals surface area contributed by atoms with E-state index in [0.717, 1.165) is 0 Å². The van der Waals surface area contributed by atoms with E-state index in [-0.39, 0.29) is 29.1 Å². The summed E-state index contributed by atoms with van der Waals surface area (Å²) in [6.07, 6.45) is 2.96. The highest BCUT2D eigenvalue weighted by Crippen LogP contribution is 2.36. The van der Waals surface area contributed by atoms with Gasteiger partial charge in [-0.3, -0.25) is 4.79 Å². The van der Waals surface area contributed by atoms with Gasteiger partial charge in [0, 0.05) is 44.1 Å². The van der Waals surface area contributed by atoms with Crippen molar-refractivity contribution in [3.8, 4) is 5.69 Å². The summed E-state index contributed by atoms with van der Waals surface area (Å²) in [5.74, 6) is -0.897. The molecule has 0 saturated carbocycles. The number of likely N-dealkylation sites (tertiary alicyclic amines) is 1. The normalized spacial score (nSPS) is 20.3. The van der Waals surface area contributed by atoms with Crippen molar-refractivity contribution in [2.45, 2.75) is 0 Å². The highest BCUT2D eigenvalue weighted by Gasteiger charge is 2.43. The topological polar surface area (TPSA) is 80.3 Å². The van der Waals surface area contributed by atoms with Crippen LogP contribution < -0.4 is 4.90 Å². The number of halogens is 2. The van der Waals surface area contributed by atoms with E-state index in [9.17, 15) is 13.6 Å². The summed E-state index contributed by atoms with van der Waals surface area (Å²) in [6, 6.07) is 9.15. The van der Waals surface area contributed by atoms with E-state index < -0.39 is 5.82 Å². The lowest BCUT2D eigenvalue weighted by Gasteiger charge is -2.22. The summed E-state index contributed by atoms with van der Waals surface area (Å²) in [5.41, 5.74) is 1.31. The second-order valence-corrected chi connectivity index (χ2v) is 8.20. The highest BCUT2D eigenvalue weighted by atomic mass is 19.1. The molecule has 2 aliphatic rings. The molecule has 0 aliphatic carbocycles. The van der Waals surface area contributed by atoms with Gasteiger partial charge in [0.1, 0.15) is 28.4 Å². The zero-order valence-corrected chi connectivity index (χ0v) is 16.9. The Bertz CT molecular complexity index is 1310. The van der Waals surface area contributed by atoms with Crippen LogP contribution in [0.1, 0.15) is 10.4 Å². The van der Waals surface area contributed by atoms with Gasteiger partial charge >= 0.3 is 0 Å². The second-order valence-electron chi connectivity index (χ2n) is 8.20. The number of carbonyl (C=O) groups is 1. The zero-order valence-electron chi connectivity index (χ0n) is 16.9. The van der Waals surface area contributed by atoms with Crippen LogP contribution in [0.4, 0.5) is 14.8 Å². The first-order chi connectivity index (χ1) is 15.6. The van der Waals surface area contributed by atoms with Gasteiger partial charge in [0.25, 0.3) is 11.9 Å². The van der Waals surface area contributed by atoms with Gasteiger partial charge in [-0.1, -0.05) is 6.07 Å². The molecule has 162 valence electrons. The van der Waals surface area contributed by atoms with Gasteiger partial charge in [-0.25, -0.2) is 8.78 Å². The lowest BCUT2D eigenvalue weighted by molar-refractivity contribution is 0.0777. The summed E-state index contributed by atoms with van der Waals surface area (Å²) in [4.78, 5) is 22.6. The summed E-state index contributed by atoms with van der Waals surface area (Å²) in [7, 11) is 0. The Hall–Kier alpha value is -3.82. The largest absolute Gasteiger partial charge is 0.423 e. The molecule has 32 heavy (non-hydrogen) atoms. The van der Waals surface area contributed by atoms with E-state index >= 15 is 0 Å². The third kappa shape index (κ3) is 3.02. The van der Waals surface area contributed by atoms with Crippen LogP contribution >= 0.6 is 0 Å². The molecule has 0 spiro atoms. The SMILES string of the molecule is O=C(c1c(F)cccc1-n1nccn1)N1CC2CN(c3nc4cc(F)ccc4o3)CC2C1. The number of carbonyl (C=O) groups excluding carboxylic acids is 1. The van der Waals surface area contributed by atoms with Crippen LogP contribution in [0.25, 0.3) is 16.8 Å². The van der Waals surface area contributed by atoms with Crippen LogP contribution in [-0.4, -0.2) is 57.0 Å². The molecule has 0 radical (unpaired) electrons. The molecule has 2 saturated heterocycles. The lowest BCUT2D eigenvalue weighted by Crippen LogP contribution is -2.34. The summed E-state index contributed by atoms with van der Waals surface area (Å²) < 4.78 is 33.9. The molecule has 2 unspecified atom stereocenters. The Morgan fingerprint density at radius 2 is 1.75 bits per heavy atom. The average Bonchev–Trinajstić information content (AvgIpc) is 3.55. The second kappa shape index (κ2) is 7.11. The predicted octanol–water partition coefficient (Wildman–Crippen LogP) is 2.90. The Balaban J connectivity index is 1.21. The Labute approximate surface area is 181 Å². The molecule has 0 N–H and O–H groups in total. The predicted molar refractivity (Wildman–Crippen MR) is 110 cm³/mol. The Morgan fingerprint density at radius 1 is 1.00 bits per heavy atom. The van der Waals surface area contributed by atoms with Gasteiger partial charge < -0.3 is 14.2 Å². The van der Waals surface area contributed by atoms with E-state index in [4.69, 9.17) is 4.42 Å². The van der Waals surface area contributed by atoms with Crippen LogP contribution in [0.5, 0.6) is 0 Å². The molecule has 8 nitrogen and oxygen atoms in total. The van der Waals surface area contributed by atoms with Crippen molar-refractivity contribution in [2.75, 3.05) is 31.1 Å².